The molecule has 3 rings (SSSR count). The highest BCUT2D eigenvalue weighted by molar-refractivity contribution is 8.04. The number of fused-ring (bicyclic) bond motifs is 1. The number of hydrogen-bond donors (Lipinski definition) is 4. The monoisotopic (exact) mass is 396 g/mol. The molecule has 2 fully saturated rings. The summed E-state index contributed by atoms with van der Waals surface area (Å²) in [4.78, 5) is 39.4. The number of aliphatic hydroxyl groups excluding tert-OH is 1. The van der Waals surface area contributed by atoms with Gasteiger partial charge in [-0.05, 0) is 19.8 Å². The van der Waals surface area contributed by atoms with Crippen LogP contribution < -0.4 is 5.32 Å². The predicted molar refractivity (Wildman–Crippen MR) is 99.2 cm³/mol. The second-order valence-electron chi connectivity index (χ2n) is 7.04. The van der Waals surface area contributed by atoms with Gasteiger partial charge in [0.15, 0.2) is 0 Å². The van der Waals surface area contributed by atoms with Gasteiger partial charge in [0.1, 0.15) is 11.5 Å². The van der Waals surface area contributed by atoms with Gasteiger partial charge in [-0.15, -0.1) is 11.8 Å². The molecule has 1 unspecified atom stereocenters. The summed E-state index contributed by atoms with van der Waals surface area (Å²) in [7, 11) is 1.51. The summed E-state index contributed by atoms with van der Waals surface area (Å²) < 4.78 is 0. The summed E-state index contributed by atoms with van der Waals surface area (Å²) in [5.74, 6) is -2.00. The molecule has 0 aromatic heterocycles. The van der Waals surface area contributed by atoms with E-state index in [9.17, 15) is 24.6 Å². The first-order valence-corrected chi connectivity index (χ1v) is 9.84. The van der Waals surface area contributed by atoms with E-state index in [0.717, 1.165) is 0 Å². The Hall–Kier alpha value is -2.07. The third-order valence-corrected chi connectivity index (χ3v) is 6.84. The molecule has 10 heteroatoms. The van der Waals surface area contributed by atoms with Crippen molar-refractivity contribution in [1.82, 2.24) is 15.1 Å². The van der Waals surface area contributed by atoms with E-state index in [0.29, 0.717) is 24.2 Å². The lowest BCUT2D eigenvalue weighted by atomic mass is 9.83. The molecular weight excluding hydrogens is 372 g/mol. The molecule has 0 spiro atoms. The molecular formula is C17H24N4O5S. The molecule has 0 aliphatic carbocycles. The fourth-order valence-corrected chi connectivity index (χ4v) is 5.62. The molecule has 0 aromatic rings. The van der Waals surface area contributed by atoms with Crippen LogP contribution in [0.25, 0.3) is 0 Å². The van der Waals surface area contributed by atoms with Crippen molar-refractivity contribution < 1.29 is 24.6 Å². The Morgan fingerprint density at radius 3 is 2.63 bits per heavy atom. The van der Waals surface area contributed by atoms with Gasteiger partial charge < -0.3 is 20.4 Å². The lowest BCUT2D eigenvalue weighted by Crippen LogP contribution is -2.61. The van der Waals surface area contributed by atoms with Crippen molar-refractivity contribution in [1.29, 1.82) is 5.41 Å². The van der Waals surface area contributed by atoms with E-state index in [1.165, 1.54) is 35.5 Å². The minimum absolute atomic E-state index is 0.0499. The molecule has 27 heavy (non-hydrogen) atoms. The average Bonchev–Trinajstić information content (AvgIpc) is 3.09. The van der Waals surface area contributed by atoms with Crippen LogP contribution >= 0.6 is 11.8 Å². The van der Waals surface area contributed by atoms with Crippen molar-refractivity contribution in [3.8, 4) is 0 Å². The Morgan fingerprint density at radius 1 is 1.44 bits per heavy atom. The minimum atomic E-state index is -1.18. The topological polar surface area (TPSA) is 134 Å². The number of carboxylic acid groups (broad SMARTS) is 1. The molecule has 0 saturated carbocycles. The predicted octanol–water partition coefficient (Wildman–Crippen LogP) is 0.797. The third-order valence-electron chi connectivity index (χ3n) is 5.49. The summed E-state index contributed by atoms with van der Waals surface area (Å²) in [6, 6.07) is -0.810. The van der Waals surface area contributed by atoms with Crippen LogP contribution in [0.4, 0.5) is 4.79 Å². The summed E-state index contributed by atoms with van der Waals surface area (Å²) in [5.41, 5.74) is -0.0499. The van der Waals surface area contributed by atoms with Gasteiger partial charge in [-0.3, -0.25) is 15.1 Å². The van der Waals surface area contributed by atoms with E-state index in [-0.39, 0.29) is 40.8 Å². The normalized spacial score (nSPS) is 31.1. The van der Waals surface area contributed by atoms with E-state index in [1.54, 1.807) is 0 Å². The van der Waals surface area contributed by atoms with Crippen molar-refractivity contribution in [2.75, 3.05) is 7.05 Å². The Kier molecular flexibility index (Phi) is 5.22. The minimum Gasteiger partial charge on any atom is -0.477 e. The first-order valence-electron chi connectivity index (χ1n) is 8.96. The first-order chi connectivity index (χ1) is 12.7. The highest BCUT2D eigenvalue weighted by Gasteiger charge is 2.57. The van der Waals surface area contributed by atoms with Crippen molar-refractivity contribution >= 4 is 35.5 Å². The molecule has 0 bridgehead atoms. The number of nitrogens with one attached hydrogen (secondary N) is 2. The number of carbonyl (C=O) groups excluding carboxylic acids is 2. The van der Waals surface area contributed by atoms with E-state index >= 15 is 0 Å². The van der Waals surface area contributed by atoms with Crippen LogP contribution in [0.3, 0.4) is 0 Å². The number of likely N-dealkylation sites (tertiary alicyclic amines) is 1. The van der Waals surface area contributed by atoms with Gasteiger partial charge in [0.25, 0.3) is 0 Å². The number of aliphatic hydroxyl groups is 1. The summed E-state index contributed by atoms with van der Waals surface area (Å²) in [6.45, 7) is 3.47. The molecule has 5 atom stereocenters. The quantitative estimate of drug-likeness (QED) is 0.508. The molecule has 2 saturated heterocycles. The van der Waals surface area contributed by atoms with Gasteiger partial charge in [0.05, 0.1) is 23.3 Å². The second kappa shape index (κ2) is 7.16. The van der Waals surface area contributed by atoms with Crippen LogP contribution in [0, 0.1) is 11.3 Å². The standard InChI is InChI=1S/C17H24N4O5S/c1-4-8-5-11(14(18)20(8)17(26)19-3)27-10-6-9-12(7(2)22)15(23)21(9)13(10)16(24)25/h7-9,11-12,18,22H,4-6H2,1-3H3,(H,19,26)(H,24,25)/t7-,8+,9-,11?,12-/m1/s1. The number of nitrogens with zero attached hydrogens (tertiary/aromatic N) is 2. The van der Waals surface area contributed by atoms with Gasteiger partial charge in [-0.25, -0.2) is 9.59 Å². The summed E-state index contributed by atoms with van der Waals surface area (Å²) in [5, 5.41) is 30.0. The summed E-state index contributed by atoms with van der Waals surface area (Å²) in [6.07, 6.45) is 0.766. The maximum atomic E-state index is 12.3. The highest BCUT2D eigenvalue weighted by atomic mass is 32.2. The number of amides is 3. The van der Waals surface area contributed by atoms with E-state index in [1.807, 2.05) is 6.92 Å². The van der Waals surface area contributed by atoms with E-state index in [2.05, 4.69) is 5.32 Å². The van der Waals surface area contributed by atoms with Crippen LogP contribution in [-0.2, 0) is 9.59 Å². The van der Waals surface area contributed by atoms with Crippen LogP contribution in [0.2, 0.25) is 0 Å². The van der Waals surface area contributed by atoms with Crippen LogP contribution in [0.5, 0.6) is 0 Å². The van der Waals surface area contributed by atoms with E-state index in [4.69, 9.17) is 5.41 Å². The summed E-state index contributed by atoms with van der Waals surface area (Å²) >= 11 is 1.25. The van der Waals surface area contributed by atoms with Crippen molar-refractivity contribution in [3.05, 3.63) is 10.6 Å². The maximum absolute atomic E-state index is 12.3. The SMILES string of the molecule is CC[C@H]1CC(SC2=C(C(=O)O)N3C(=O)[C@H]([C@@H](C)O)[C@H]3C2)C(=N)N1C(=O)NC. The zero-order valence-corrected chi connectivity index (χ0v) is 16.2. The van der Waals surface area contributed by atoms with Gasteiger partial charge in [-0.2, -0.15) is 0 Å². The molecule has 3 amide bonds. The number of hydrogen-bond acceptors (Lipinski definition) is 6. The van der Waals surface area contributed by atoms with Gasteiger partial charge >= 0.3 is 12.0 Å². The molecule has 3 aliphatic heterocycles. The number of aliphatic carboxylic acids is 1. The smallest absolute Gasteiger partial charge is 0.353 e. The van der Waals surface area contributed by atoms with Crippen LogP contribution in [0.1, 0.15) is 33.1 Å². The van der Waals surface area contributed by atoms with Crippen LogP contribution in [0.15, 0.2) is 10.6 Å². The Morgan fingerprint density at radius 2 is 2.11 bits per heavy atom. The number of carboxylic acids is 1. The average molecular weight is 396 g/mol. The molecule has 4 N–H and O–H groups in total. The van der Waals surface area contributed by atoms with Gasteiger partial charge in [0.2, 0.25) is 5.91 Å². The van der Waals surface area contributed by atoms with E-state index < -0.39 is 18.0 Å². The largest absolute Gasteiger partial charge is 0.477 e. The maximum Gasteiger partial charge on any atom is 0.353 e. The molecule has 0 aromatic carbocycles. The number of rotatable bonds is 5. The second-order valence-corrected chi connectivity index (χ2v) is 8.34. The fourth-order valence-electron chi connectivity index (χ4n) is 4.17. The zero-order chi connectivity index (χ0) is 20.0. The highest BCUT2D eigenvalue weighted by Crippen LogP contribution is 2.49. The lowest BCUT2D eigenvalue weighted by Gasteiger charge is -2.44. The Labute approximate surface area is 161 Å². The molecule has 0 radical (unpaired) electrons. The lowest BCUT2D eigenvalue weighted by molar-refractivity contribution is -0.161. The van der Waals surface area contributed by atoms with Crippen molar-refractivity contribution in [2.24, 2.45) is 5.92 Å². The molecule has 3 heterocycles. The van der Waals surface area contributed by atoms with Gasteiger partial charge in [-0.1, -0.05) is 6.92 Å². The van der Waals surface area contributed by atoms with Crippen molar-refractivity contribution in [2.45, 2.75) is 56.5 Å². The number of carbonyl (C=O) groups is 3. The number of urea groups is 1. The number of thioether (sulfide) groups is 1. The molecule has 148 valence electrons. The third kappa shape index (κ3) is 3.00. The fraction of sp³-hybridized carbons (Fsp3) is 0.647. The van der Waals surface area contributed by atoms with Crippen LogP contribution in [-0.4, -0.2) is 74.2 Å². The molecule has 3 aliphatic rings. The molecule has 9 nitrogen and oxygen atoms in total. The van der Waals surface area contributed by atoms with Crippen molar-refractivity contribution in [3.63, 3.8) is 0 Å². The Balaban J connectivity index is 1.83. The number of amidine groups is 1. The van der Waals surface area contributed by atoms with Gasteiger partial charge in [0, 0.05) is 24.4 Å². The zero-order valence-electron chi connectivity index (χ0n) is 15.4. The Bertz CT molecular complexity index is 737. The first kappa shape index (κ1) is 19.7. The number of β-lactam (4-membered cyclic amide) rings is 1.